The Hall–Kier alpha value is -2.14. The molecule has 0 radical (unpaired) electrons. The van der Waals surface area contributed by atoms with E-state index >= 15 is 0 Å². The van der Waals surface area contributed by atoms with Crippen molar-refractivity contribution >= 4 is 15.9 Å². The van der Waals surface area contributed by atoms with Crippen molar-refractivity contribution in [1.29, 1.82) is 0 Å². The maximum absolute atomic E-state index is 12.5. The molecule has 0 spiro atoms. The van der Waals surface area contributed by atoms with Crippen molar-refractivity contribution in [3.05, 3.63) is 65.7 Å². The van der Waals surface area contributed by atoms with E-state index in [0.29, 0.717) is 17.9 Å². The van der Waals surface area contributed by atoms with E-state index in [0.717, 1.165) is 5.56 Å². The van der Waals surface area contributed by atoms with Gasteiger partial charge in [0.1, 0.15) is 5.84 Å². The molecule has 0 aliphatic carbocycles. The molecular formula is C16H18N2O2S. The first-order valence-corrected chi connectivity index (χ1v) is 8.21. The van der Waals surface area contributed by atoms with Gasteiger partial charge in [-0.05, 0) is 25.5 Å². The molecule has 0 atom stereocenters. The van der Waals surface area contributed by atoms with Crippen molar-refractivity contribution in [2.45, 2.75) is 18.7 Å². The van der Waals surface area contributed by atoms with Crippen LogP contribution in [0.3, 0.4) is 0 Å². The lowest BCUT2D eigenvalue weighted by Gasteiger charge is -2.12. The van der Waals surface area contributed by atoms with Gasteiger partial charge >= 0.3 is 0 Å². The monoisotopic (exact) mass is 302 g/mol. The third-order valence-corrected chi connectivity index (χ3v) is 4.48. The van der Waals surface area contributed by atoms with Crippen LogP contribution in [0.1, 0.15) is 18.1 Å². The van der Waals surface area contributed by atoms with Gasteiger partial charge in [0.2, 0.25) is 0 Å². The van der Waals surface area contributed by atoms with E-state index in [2.05, 4.69) is 9.71 Å². The van der Waals surface area contributed by atoms with Crippen LogP contribution >= 0.6 is 0 Å². The Morgan fingerprint density at radius 2 is 1.67 bits per heavy atom. The lowest BCUT2D eigenvalue weighted by molar-refractivity contribution is 0.592. The number of hydrogen-bond donors (Lipinski definition) is 1. The summed E-state index contributed by atoms with van der Waals surface area (Å²) in [7, 11) is -3.64. The van der Waals surface area contributed by atoms with Crippen LogP contribution in [0, 0.1) is 6.92 Å². The summed E-state index contributed by atoms with van der Waals surface area (Å²) in [5.74, 6) is 0.362. The fraction of sp³-hybridized carbons (Fsp3) is 0.188. The van der Waals surface area contributed by atoms with Crippen molar-refractivity contribution in [2.75, 3.05) is 6.54 Å². The maximum Gasteiger partial charge on any atom is 0.263 e. The first-order valence-electron chi connectivity index (χ1n) is 6.73. The fourth-order valence-electron chi connectivity index (χ4n) is 1.98. The number of nitrogens with one attached hydrogen (secondary N) is 1. The van der Waals surface area contributed by atoms with Gasteiger partial charge in [-0.2, -0.15) is 0 Å². The predicted molar refractivity (Wildman–Crippen MR) is 85.0 cm³/mol. The summed E-state index contributed by atoms with van der Waals surface area (Å²) in [6.07, 6.45) is 0. The number of hydrogen-bond acceptors (Lipinski definition) is 3. The molecule has 0 amide bonds. The van der Waals surface area contributed by atoms with Crippen LogP contribution in [0.5, 0.6) is 0 Å². The minimum atomic E-state index is -3.64. The topological polar surface area (TPSA) is 58.5 Å². The first kappa shape index (κ1) is 15.3. The molecule has 0 aliphatic rings. The van der Waals surface area contributed by atoms with Gasteiger partial charge in [-0.15, -0.1) is 0 Å². The Kier molecular flexibility index (Phi) is 4.75. The van der Waals surface area contributed by atoms with Crippen LogP contribution in [0.4, 0.5) is 0 Å². The molecule has 0 fully saturated rings. The largest absolute Gasteiger partial charge is 0.268 e. The number of sulfonamides is 1. The lowest BCUT2D eigenvalue weighted by Crippen LogP contribution is -2.32. The van der Waals surface area contributed by atoms with E-state index in [1.54, 1.807) is 25.1 Å². The summed E-state index contributed by atoms with van der Waals surface area (Å²) in [6, 6.07) is 16.1. The number of aliphatic imine (C=N–C) groups is 1. The Morgan fingerprint density at radius 1 is 1.05 bits per heavy atom. The highest BCUT2D eigenvalue weighted by atomic mass is 32.2. The third-order valence-electron chi connectivity index (χ3n) is 2.98. The van der Waals surface area contributed by atoms with Crippen molar-refractivity contribution in [3.63, 3.8) is 0 Å². The lowest BCUT2D eigenvalue weighted by atomic mass is 10.2. The summed E-state index contributed by atoms with van der Waals surface area (Å²) in [5, 5.41) is 0. The quantitative estimate of drug-likeness (QED) is 0.697. The zero-order chi connectivity index (χ0) is 15.3. The van der Waals surface area contributed by atoms with Crippen molar-refractivity contribution < 1.29 is 8.42 Å². The molecule has 0 aromatic heterocycles. The SMILES string of the molecule is CCN=C(NS(=O)(=O)c1ccccc1C)c1ccccc1. The predicted octanol–water partition coefficient (Wildman–Crippen LogP) is 2.74. The maximum atomic E-state index is 12.5. The highest BCUT2D eigenvalue weighted by Crippen LogP contribution is 2.14. The molecule has 0 bridgehead atoms. The van der Waals surface area contributed by atoms with Crippen molar-refractivity contribution in [2.24, 2.45) is 4.99 Å². The fourth-order valence-corrected chi connectivity index (χ4v) is 3.27. The molecule has 2 aromatic rings. The molecule has 1 N–H and O–H groups in total. The second kappa shape index (κ2) is 6.54. The molecule has 0 unspecified atom stereocenters. The Bertz CT molecular complexity index is 738. The molecule has 2 aromatic carbocycles. The molecule has 0 aliphatic heterocycles. The summed E-state index contributed by atoms with van der Waals surface area (Å²) < 4.78 is 27.6. The summed E-state index contributed by atoms with van der Waals surface area (Å²) in [5.41, 5.74) is 1.45. The van der Waals surface area contributed by atoms with E-state index in [1.165, 1.54) is 0 Å². The molecule has 5 heteroatoms. The molecule has 110 valence electrons. The van der Waals surface area contributed by atoms with E-state index in [1.807, 2.05) is 43.3 Å². The summed E-state index contributed by atoms with van der Waals surface area (Å²) in [4.78, 5) is 4.53. The highest BCUT2D eigenvalue weighted by Gasteiger charge is 2.18. The molecule has 21 heavy (non-hydrogen) atoms. The Labute approximate surface area is 125 Å². The van der Waals surface area contributed by atoms with Gasteiger partial charge in [0.15, 0.2) is 0 Å². The standard InChI is InChI=1S/C16H18N2O2S/c1-3-17-16(14-10-5-4-6-11-14)18-21(19,20)15-12-8-7-9-13(15)2/h4-12H,3H2,1-2H3,(H,17,18). The van der Waals surface area contributed by atoms with Gasteiger partial charge < -0.3 is 0 Å². The van der Waals surface area contributed by atoms with Gasteiger partial charge in [-0.1, -0.05) is 48.5 Å². The molecule has 0 saturated carbocycles. The summed E-state index contributed by atoms with van der Waals surface area (Å²) >= 11 is 0. The van der Waals surface area contributed by atoms with Gasteiger partial charge in [0.25, 0.3) is 10.0 Å². The zero-order valence-corrected chi connectivity index (χ0v) is 12.9. The van der Waals surface area contributed by atoms with Crippen molar-refractivity contribution in [1.82, 2.24) is 4.72 Å². The van der Waals surface area contributed by atoms with Crippen LogP contribution in [-0.4, -0.2) is 20.8 Å². The van der Waals surface area contributed by atoms with Crippen LogP contribution < -0.4 is 4.72 Å². The van der Waals surface area contributed by atoms with Gasteiger partial charge in [-0.3, -0.25) is 9.71 Å². The highest BCUT2D eigenvalue weighted by molar-refractivity contribution is 7.90. The van der Waals surface area contributed by atoms with E-state index < -0.39 is 10.0 Å². The number of benzene rings is 2. The second-order valence-electron chi connectivity index (χ2n) is 4.56. The molecule has 0 heterocycles. The van der Waals surface area contributed by atoms with E-state index in [9.17, 15) is 8.42 Å². The number of nitrogens with zero attached hydrogens (tertiary/aromatic N) is 1. The zero-order valence-electron chi connectivity index (χ0n) is 12.1. The van der Waals surface area contributed by atoms with Gasteiger partial charge in [-0.25, -0.2) is 8.42 Å². The third kappa shape index (κ3) is 3.70. The number of rotatable bonds is 4. The van der Waals surface area contributed by atoms with Crippen LogP contribution in [-0.2, 0) is 10.0 Å². The van der Waals surface area contributed by atoms with Gasteiger partial charge in [0.05, 0.1) is 4.90 Å². The summed E-state index contributed by atoms with van der Waals surface area (Å²) in [6.45, 7) is 4.14. The minimum Gasteiger partial charge on any atom is -0.268 e. The van der Waals surface area contributed by atoms with Gasteiger partial charge in [0, 0.05) is 12.1 Å². The Morgan fingerprint density at radius 3 is 2.29 bits per heavy atom. The smallest absolute Gasteiger partial charge is 0.263 e. The average molecular weight is 302 g/mol. The Balaban J connectivity index is 2.38. The van der Waals surface area contributed by atoms with Crippen LogP contribution in [0.25, 0.3) is 0 Å². The number of aryl methyl sites for hydroxylation is 1. The average Bonchev–Trinajstić information content (AvgIpc) is 2.48. The molecular weight excluding hydrogens is 284 g/mol. The molecule has 4 nitrogen and oxygen atoms in total. The van der Waals surface area contributed by atoms with Crippen LogP contribution in [0.2, 0.25) is 0 Å². The van der Waals surface area contributed by atoms with Crippen LogP contribution in [0.15, 0.2) is 64.5 Å². The normalized spacial score (nSPS) is 12.2. The van der Waals surface area contributed by atoms with E-state index in [-0.39, 0.29) is 4.90 Å². The molecule has 2 rings (SSSR count). The first-order chi connectivity index (χ1) is 10.0. The minimum absolute atomic E-state index is 0.268. The number of amidine groups is 1. The van der Waals surface area contributed by atoms with E-state index in [4.69, 9.17) is 0 Å². The second-order valence-corrected chi connectivity index (χ2v) is 6.21. The van der Waals surface area contributed by atoms with Crippen molar-refractivity contribution in [3.8, 4) is 0 Å². The molecule has 0 saturated heterocycles.